The van der Waals surface area contributed by atoms with Crippen LogP contribution in [0.2, 0.25) is 0 Å². The van der Waals surface area contributed by atoms with Gasteiger partial charge in [-0.05, 0) is 38.1 Å². The Morgan fingerprint density at radius 2 is 1.92 bits per heavy atom. The van der Waals surface area contributed by atoms with Crippen LogP contribution in [0.1, 0.15) is 31.8 Å². The lowest BCUT2D eigenvalue weighted by Crippen LogP contribution is -2.48. The number of anilines is 1. The summed E-state index contributed by atoms with van der Waals surface area (Å²) in [6.07, 6.45) is 1.54. The third kappa shape index (κ3) is 3.99. The molecule has 1 aliphatic rings. The Morgan fingerprint density at radius 1 is 1.16 bits per heavy atom. The predicted octanol–water partition coefficient (Wildman–Crippen LogP) is 2.59. The van der Waals surface area contributed by atoms with Crippen molar-refractivity contribution in [2.75, 3.05) is 37.7 Å². The number of nitrogens with zero attached hydrogens (tertiary/aromatic N) is 3. The van der Waals surface area contributed by atoms with Crippen LogP contribution in [0.5, 0.6) is 0 Å². The highest BCUT2D eigenvalue weighted by molar-refractivity contribution is 7.13. The number of aromatic nitrogens is 1. The molecule has 0 radical (unpaired) electrons. The minimum atomic E-state index is -0.358. The first-order chi connectivity index (χ1) is 12.1. The molecule has 0 atom stereocenters. The van der Waals surface area contributed by atoms with Crippen molar-refractivity contribution in [3.63, 3.8) is 0 Å². The van der Waals surface area contributed by atoms with Crippen LogP contribution < -0.4 is 4.90 Å². The molecule has 0 spiro atoms. The highest BCUT2D eigenvalue weighted by atomic mass is 32.1. The van der Waals surface area contributed by atoms with Crippen molar-refractivity contribution < 1.29 is 14.3 Å². The first-order valence-corrected chi connectivity index (χ1v) is 9.14. The lowest BCUT2D eigenvalue weighted by Gasteiger charge is -2.35. The Morgan fingerprint density at radius 3 is 2.48 bits per heavy atom. The normalized spacial score (nSPS) is 14.5. The lowest BCUT2D eigenvalue weighted by atomic mass is 10.2. The summed E-state index contributed by atoms with van der Waals surface area (Å²) in [4.78, 5) is 34.5. The predicted molar refractivity (Wildman–Crippen MR) is 97.4 cm³/mol. The average molecular weight is 359 g/mol. The Balaban J connectivity index is 1.58. The Kier molecular flexibility index (Phi) is 5.33. The molecule has 132 valence electrons. The van der Waals surface area contributed by atoms with Crippen molar-refractivity contribution in [1.82, 2.24) is 9.88 Å². The number of hydrogen-bond donors (Lipinski definition) is 0. The van der Waals surface area contributed by atoms with Gasteiger partial charge in [-0.15, -0.1) is 11.3 Å². The van der Waals surface area contributed by atoms with E-state index in [0.717, 1.165) is 28.7 Å². The Labute approximate surface area is 151 Å². The molecule has 0 aliphatic carbocycles. The second kappa shape index (κ2) is 7.65. The molecule has 3 heterocycles. The van der Waals surface area contributed by atoms with Crippen LogP contribution in [0.25, 0.3) is 0 Å². The van der Waals surface area contributed by atoms with E-state index in [1.165, 1.54) is 11.3 Å². The summed E-state index contributed by atoms with van der Waals surface area (Å²) in [6, 6.07) is 7.42. The first kappa shape index (κ1) is 17.4. The molecular formula is C18H21N3O3S. The molecule has 0 N–H and O–H groups in total. The van der Waals surface area contributed by atoms with Gasteiger partial charge in [-0.2, -0.15) is 0 Å². The topological polar surface area (TPSA) is 62.7 Å². The van der Waals surface area contributed by atoms with E-state index < -0.39 is 0 Å². The van der Waals surface area contributed by atoms with Gasteiger partial charge in [0.25, 0.3) is 5.91 Å². The van der Waals surface area contributed by atoms with Gasteiger partial charge in [-0.1, -0.05) is 0 Å². The van der Waals surface area contributed by atoms with Gasteiger partial charge < -0.3 is 14.5 Å². The fourth-order valence-electron chi connectivity index (χ4n) is 2.75. The third-order valence-electron chi connectivity index (χ3n) is 4.10. The summed E-state index contributed by atoms with van der Waals surface area (Å²) in [6.45, 7) is 6.90. The van der Waals surface area contributed by atoms with Gasteiger partial charge in [-0.3, -0.25) is 4.79 Å². The van der Waals surface area contributed by atoms with Crippen LogP contribution in [0.3, 0.4) is 0 Å². The van der Waals surface area contributed by atoms with Gasteiger partial charge in [0.05, 0.1) is 17.0 Å². The monoisotopic (exact) mass is 359 g/mol. The maximum atomic E-state index is 12.5. The van der Waals surface area contributed by atoms with Crippen LogP contribution in [0.4, 0.5) is 5.82 Å². The van der Waals surface area contributed by atoms with Crippen LogP contribution in [-0.2, 0) is 4.74 Å². The maximum absolute atomic E-state index is 12.5. The van der Waals surface area contributed by atoms with Crippen LogP contribution in [0, 0.1) is 6.92 Å². The molecule has 2 aromatic rings. The molecule has 1 aliphatic heterocycles. The summed E-state index contributed by atoms with van der Waals surface area (Å²) < 4.78 is 4.96. The summed E-state index contributed by atoms with van der Waals surface area (Å²) in [5, 5.41) is 0. The molecule has 0 aromatic carbocycles. The van der Waals surface area contributed by atoms with E-state index in [-0.39, 0.29) is 11.9 Å². The number of thiophene rings is 1. The molecule has 25 heavy (non-hydrogen) atoms. The van der Waals surface area contributed by atoms with E-state index in [1.54, 1.807) is 19.2 Å². The van der Waals surface area contributed by atoms with E-state index in [2.05, 4.69) is 9.88 Å². The number of esters is 1. The molecule has 0 bridgehead atoms. The van der Waals surface area contributed by atoms with Crippen LogP contribution >= 0.6 is 11.3 Å². The summed E-state index contributed by atoms with van der Waals surface area (Å²) in [7, 11) is 0. The maximum Gasteiger partial charge on any atom is 0.339 e. The van der Waals surface area contributed by atoms with Gasteiger partial charge in [0, 0.05) is 37.3 Å². The van der Waals surface area contributed by atoms with E-state index in [1.807, 2.05) is 30.0 Å². The van der Waals surface area contributed by atoms with Crippen molar-refractivity contribution in [2.45, 2.75) is 13.8 Å². The molecule has 6 nitrogen and oxygen atoms in total. The summed E-state index contributed by atoms with van der Waals surface area (Å²) >= 11 is 1.53. The zero-order chi connectivity index (χ0) is 17.8. The minimum Gasteiger partial charge on any atom is -0.462 e. The number of pyridine rings is 1. The number of aryl methyl sites for hydroxylation is 1. The number of rotatable bonds is 4. The first-order valence-electron chi connectivity index (χ1n) is 8.32. The molecule has 1 saturated heterocycles. The van der Waals surface area contributed by atoms with Crippen molar-refractivity contribution >= 4 is 29.0 Å². The number of piperazine rings is 1. The van der Waals surface area contributed by atoms with E-state index in [9.17, 15) is 9.59 Å². The number of hydrogen-bond acceptors (Lipinski definition) is 6. The third-order valence-corrected chi connectivity index (χ3v) is 5.09. The minimum absolute atomic E-state index is 0.100. The largest absolute Gasteiger partial charge is 0.462 e. The SMILES string of the molecule is CCOC(=O)c1ccc(N2CCN(C(=O)c3ccc(C)s3)CC2)nc1. The second-order valence-electron chi connectivity index (χ2n) is 5.82. The molecule has 0 unspecified atom stereocenters. The molecular weight excluding hydrogens is 338 g/mol. The smallest absolute Gasteiger partial charge is 0.339 e. The fourth-order valence-corrected chi connectivity index (χ4v) is 3.59. The van der Waals surface area contributed by atoms with Gasteiger partial charge in [0.15, 0.2) is 0 Å². The lowest BCUT2D eigenvalue weighted by molar-refractivity contribution is 0.0525. The van der Waals surface area contributed by atoms with Crippen molar-refractivity contribution in [3.8, 4) is 0 Å². The summed E-state index contributed by atoms with van der Waals surface area (Å²) in [5.74, 6) is 0.554. The van der Waals surface area contributed by atoms with Gasteiger partial charge in [0.1, 0.15) is 5.82 Å². The zero-order valence-corrected chi connectivity index (χ0v) is 15.2. The van der Waals surface area contributed by atoms with Gasteiger partial charge in [-0.25, -0.2) is 9.78 Å². The highest BCUT2D eigenvalue weighted by Crippen LogP contribution is 2.20. The standard InChI is InChI=1S/C18H21N3O3S/c1-3-24-18(23)14-5-7-16(19-12-14)20-8-10-21(11-9-20)17(22)15-6-4-13(2)25-15/h4-7,12H,3,8-11H2,1-2H3. The molecule has 1 amide bonds. The van der Waals surface area contributed by atoms with E-state index in [0.29, 0.717) is 25.3 Å². The Hall–Kier alpha value is -2.41. The van der Waals surface area contributed by atoms with Crippen molar-refractivity contribution in [2.24, 2.45) is 0 Å². The van der Waals surface area contributed by atoms with Gasteiger partial charge >= 0.3 is 5.97 Å². The van der Waals surface area contributed by atoms with E-state index in [4.69, 9.17) is 4.74 Å². The van der Waals surface area contributed by atoms with E-state index >= 15 is 0 Å². The molecule has 0 saturated carbocycles. The number of ether oxygens (including phenoxy) is 1. The number of carbonyl (C=O) groups excluding carboxylic acids is 2. The fraction of sp³-hybridized carbons (Fsp3) is 0.389. The van der Waals surface area contributed by atoms with Crippen molar-refractivity contribution in [3.05, 3.63) is 45.8 Å². The molecule has 2 aromatic heterocycles. The average Bonchev–Trinajstić information content (AvgIpc) is 3.08. The zero-order valence-electron chi connectivity index (χ0n) is 14.4. The van der Waals surface area contributed by atoms with Gasteiger partial charge in [0.2, 0.25) is 0 Å². The molecule has 1 fully saturated rings. The summed E-state index contributed by atoms with van der Waals surface area (Å²) in [5.41, 5.74) is 0.451. The Bertz CT molecular complexity index is 749. The van der Waals surface area contributed by atoms with Crippen molar-refractivity contribution in [1.29, 1.82) is 0 Å². The second-order valence-corrected chi connectivity index (χ2v) is 7.10. The van der Waals surface area contributed by atoms with Crippen LogP contribution in [-0.4, -0.2) is 54.5 Å². The molecule has 7 heteroatoms. The highest BCUT2D eigenvalue weighted by Gasteiger charge is 2.23. The molecule has 3 rings (SSSR count). The quantitative estimate of drug-likeness (QED) is 0.785. The number of carbonyl (C=O) groups is 2. The number of amides is 1. The van der Waals surface area contributed by atoms with Crippen LogP contribution in [0.15, 0.2) is 30.5 Å².